The smallest absolute Gasteiger partial charge is 0.223 e. The number of carbonyl (C=O) groups excluding carboxylic acids is 1. The molecule has 0 bridgehead atoms. The van der Waals surface area contributed by atoms with Gasteiger partial charge in [-0.05, 0) is 37.4 Å². The Bertz CT molecular complexity index is 537. The summed E-state index contributed by atoms with van der Waals surface area (Å²) in [5.74, 6) is 1.04. The van der Waals surface area contributed by atoms with Crippen LogP contribution >= 0.6 is 0 Å². The van der Waals surface area contributed by atoms with E-state index in [-0.39, 0.29) is 17.9 Å². The van der Waals surface area contributed by atoms with Gasteiger partial charge >= 0.3 is 0 Å². The van der Waals surface area contributed by atoms with E-state index in [4.69, 9.17) is 10.3 Å². The largest absolute Gasteiger partial charge is 0.491 e. The Kier molecular flexibility index (Phi) is 5.06. The number of aryl methyl sites for hydroxylation is 1. The van der Waals surface area contributed by atoms with Gasteiger partial charge in [-0.3, -0.25) is 4.79 Å². The van der Waals surface area contributed by atoms with Gasteiger partial charge in [0.15, 0.2) is 0 Å². The van der Waals surface area contributed by atoms with Gasteiger partial charge in [-0.15, -0.1) is 0 Å². The summed E-state index contributed by atoms with van der Waals surface area (Å²) < 4.78 is 5.72. The van der Waals surface area contributed by atoms with Crippen molar-refractivity contribution < 1.29 is 9.53 Å². The second-order valence-electron chi connectivity index (χ2n) is 5.50. The molecule has 0 radical (unpaired) electrons. The summed E-state index contributed by atoms with van der Waals surface area (Å²) in [6, 6.07) is 7.86. The first-order chi connectivity index (χ1) is 10.1. The summed E-state index contributed by atoms with van der Waals surface area (Å²) in [7, 11) is 0. The van der Waals surface area contributed by atoms with Gasteiger partial charge in [0.25, 0.3) is 0 Å². The van der Waals surface area contributed by atoms with Crippen LogP contribution in [0.2, 0.25) is 0 Å². The molecule has 2 rings (SSSR count). The van der Waals surface area contributed by atoms with Crippen LogP contribution in [-0.2, 0) is 4.79 Å². The SMILES string of the molecule is Cc1ccc(OCC(C)N2CC(CN=[N+]=[N-])CC2=O)cc1. The molecule has 21 heavy (non-hydrogen) atoms. The van der Waals surface area contributed by atoms with Crippen LogP contribution in [0.5, 0.6) is 5.75 Å². The first-order valence-electron chi connectivity index (χ1n) is 7.10. The van der Waals surface area contributed by atoms with E-state index >= 15 is 0 Å². The molecule has 112 valence electrons. The van der Waals surface area contributed by atoms with Gasteiger partial charge in [0.05, 0.1) is 6.04 Å². The zero-order chi connectivity index (χ0) is 15.2. The summed E-state index contributed by atoms with van der Waals surface area (Å²) in [4.78, 5) is 16.5. The monoisotopic (exact) mass is 288 g/mol. The number of ether oxygens (including phenoxy) is 1. The summed E-state index contributed by atoms with van der Waals surface area (Å²) in [5, 5.41) is 3.55. The predicted molar refractivity (Wildman–Crippen MR) is 80.0 cm³/mol. The normalized spacial score (nSPS) is 19.2. The Morgan fingerprint density at radius 2 is 2.19 bits per heavy atom. The molecule has 1 aliphatic heterocycles. The Labute approximate surface area is 124 Å². The predicted octanol–water partition coefficient (Wildman–Crippen LogP) is 2.92. The molecule has 2 unspecified atom stereocenters. The van der Waals surface area contributed by atoms with Gasteiger partial charge < -0.3 is 9.64 Å². The molecule has 0 saturated carbocycles. The van der Waals surface area contributed by atoms with Crippen LogP contribution in [0, 0.1) is 12.8 Å². The first-order valence-corrected chi connectivity index (χ1v) is 7.10. The lowest BCUT2D eigenvalue weighted by Crippen LogP contribution is -2.38. The number of amides is 1. The zero-order valence-corrected chi connectivity index (χ0v) is 12.4. The molecule has 2 atom stereocenters. The van der Waals surface area contributed by atoms with E-state index in [1.165, 1.54) is 5.56 Å². The third-order valence-electron chi connectivity index (χ3n) is 3.69. The lowest BCUT2D eigenvalue weighted by Gasteiger charge is -2.24. The summed E-state index contributed by atoms with van der Waals surface area (Å²) in [6.07, 6.45) is 0.452. The Hall–Kier alpha value is -2.20. The first kappa shape index (κ1) is 15.2. The second-order valence-corrected chi connectivity index (χ2v) is 5.50. The van der Waals surface area contributed by atoms with Crippen molar-refractivity contribution in [3.63, 3.8) is 0 Å². The van der Waals surface area contributed by atoms with Crippen molar-refractivity contribution in [2.45, 2.75) is 26.3 Å². The number of likely N-dealkylation sites (tertiary alicyclic amines) is 1. The Morgan fingerprint density at radius 1 is 1.48 bits per heavy atom. The summed E-state index contributed by atoms with van der Waals surface area (Å²) in [6.45, 7) is 5.48. The number of benzene rings is 1. The Balaban J connectivity index is 1.85. The maximum Gasteiger partial charge on any atom is 0.223 e. The molecule has 1 heterocycles. The minimum atomic E-state index is 0.00914. The summed E-state index contributed by atoms with van der Waals surface area (Å²) >= 11 is 0. The lowest BCUT2D eigenvalue weighted by molar-refractivity contribution is -0.129. The van der Waals surface area contributed by atoms with Gasteiger partial charge in [-0.25, -0.2) is 0 Å². The number of hydrogen-bond acceptors (Lipinski definition) is 3. The number of carbonyl (C=O) groups is 1. The van der Waals surface area contributed by atoms with Crippen molar-refractivity contribution in [2.75, 3.05) is 19.7 Å². The molecular formula is C15H20N4O2. The molecule has 1 saturated heterocycles. The Morgan fingerprint density at radius 3 is 2.86 bits per heavy atom. The van der Waals surface area contributed by atoms with Crippen molar-refractivity contribution in [2.24, 2.45) is 11.0 Å². The molecule has 0 aliphatic carbocycles. The van der Waals surface area contributed by atoms with Crippen LogP contribution in [0.3, 0.4) is 0 Å². The van der Waals surface area contributed by atoms with Gasteiger partial charge in [-0.2, -0.15) is 0 Å². The molecule has 1 aromatic rings. The van der Waals surface area contributed by atoms with Crippen LogP contribution in [0.1, 0.15) is 18.9 Å². The third kappa shape index (κ3) is 4.13. The van der Waals surface area contributed by atoms with Gasteiger partial charge in [0.2, 0.25) is 5.91 Å². The highest BCUT2D eigenvalue weighted by molar-refractivity contribution is 5.79. The van der Waals surface area contributed by atoms with E-state index in [2.05, 4.69) is 10.0 Å². The topological polar surface area (TPSA) is 78.3 Å². The molecule has 6 heteroatoms. The standard InChI is InChI=1S/C15H20N4O2/c1-11-3-5-14(6-4-11)21-10-12(2)19-9-13(7-15(19)20)8-17-18-16/h3-6,12-13H,7-10H2,1-2H3. The molecule has 1 aromatic carbocycles. The van der Waals surface area contributed by atoms with Crippen molar-refractivity contribution >= 4 is 5.91 Å². The van der Waals surface area contributed by atoms with Crippen molar-refractivity contribution in [3.8, 4) is 5.75 Å². The molecule has 0 N–H and O–H groups in total. The average Bonchev–Trinajstić information content (AvgIpc) is 2.85. The lowest BCUT2D eigenvalue weighted by atomic mass is 10.1. The minimum absolute atomic E-state index is 0.00914. The fourth-order valence-corrected chi connectivity index (χ4v) is 2.45. The highest BCUT2D eigenvalue weighted by atomic mass is 16.5. The fourth-order valence-electron chi connectivity index (χ4n) is 2.45. The quantitative estimate of drug-likeness (QED) is 0.458. The van der Waals surface area contributed by atoms with E-state index in [9.17, 15) is 4.79 Å². The zero-order valence-electron chi connectivity index (χ0n) is 12.4. The van der Waals surface area contributed by atoms with Crippen molar-refractivity contribution in [1.82, 2.24) is 4.90 Å². The van der Waals surface area contributed by atoms with Crippen LogP contribution in [-0.4, -0.2) is 36.5 Å². The van der Waals surface area contributed by atoms with Crippen LogP contribution in [0.25, 0.3) is 10.4 Å². The average molecular weight is 288 g/mol. The van der Waals surface area contributed by atoms with Crippen LogP contribution in [0.4, 0.5) is 0 Å². The molecule has 1 amide bonds. The van der Waals surface area contributed by atoms with E-state index in [1.807, 2.05) is 43.0 Å². The number of azide groups is 1. The van der Waals surface area contributed by atoms with Crippen molar-refractivity contribution in [1.29, 1.82) is 0 Å². The number of rotatable bonds is 6. The van der Waals surface area contributed by atoms with Gasteiger partial charge in [0.1, 0.15) is 12.4 Å². The highest BCUT2D eigenvalue weighted by Crippen LogP contribution is 2.21. The van der Waals surface area contributed by atoms with E-state index in [1.54, 1.807) is 0 Å². The fraction of sp³-hybridized carbons (Fsp3) is 0.533. The number of nitrogens with zero attached hydrogens (tertiary/aromatic N) is 4. The van der Waals surface area contributed by atoms with Crippen molar-refractivity contribution in [3.05, 3.63) is 40.3 Å². The molecule has 0 spiro atoms. The number of hydrogen-bond donors (Lipinski definition) is 0. The van der Waals surface area contributed by atoms with Crippen LogP contribution in [0.15, 0.2) is 29.4 Å². The minimum Gasteiger partial charge on any atom is -0.491 e. The molecule has 1 aliphatic rings. The second kappa shape index (κ2) is 6.99. The summed E-state index contributed by atoms with van der Waals surface area (Å²) in [5.41, 5.74) is 9.52. The molecule has 1 fully saturated rings. The molecular weight excluding hydrogens is 268 g/mol. The maximum atomic E-state index is 12.0. The maximum absolute atomic E-state index is 12.0. The van der Waals surface area contributed by atoms with Crippen LogP contribution < -0.4 is 4.74 Å². The highest BCUT2D eigenvalue weighted by Gasteiger charge is 2.32. The molecule has 6 nitrogen and oxygen atoms in total. The van der Waals surface area contributed by atoms with E-state index in [0.29, 0.717) is 26.1 Å². The van der Waals surface area contributed by atoms with Gasteiger partial charge in [0, 0.05) is 24.4 Å². The third-order valence-corrected chi connectivity index (χ3v) is 3.69. The van der Waals surface area contributed by atoms with E-state index in [0.717, 1.165) is 5.75 Å². The van der Waals surface area contributed by atoms with E-state index < -0.39 is 0 Å². The van der Waals surface area contributed by atoms with Gasteiger partial charge in [-0.1, -0.05) is 22.8 Å². The molecule has 0 aromatic heterocycles.